The molecule has 0 saturated heterocycles. The van der Waals surface area contributed by atoms with Gasteiger partial charge in [-0.2, -0.15) is 0 Å². The molecule has 0 bridgehead atoms. The van der Waals surface area contributed by atoms with E-state index in [0.717, 1.165) is 0 Å². The fourth-order valence-corrected chi connectivity index (χ4v) is 2.97. The first-order valence-corrected chi connectivity index (χ1v) is 7.46. The van der Waals surface area contributed by atoms with Crippen molar-refractivity contribution in [1.82, 2.24) is 0 Å². The van der Waals surface area contributed by atoms with Crippen LogP contribution in [0.25, 0.3) is 0 Å². The second kappa shape index (κ2) is 6.63. The minimum atomic E-state index is -3.52. The van der Waals surface area contributed by atoms with E-state index in [9.17, 15) is 8.42 Å². The van der Waals surface area contributed by atoms with E-state index < -0.39 is 15.3 Å². The zero-order chi connectivity index (χ0) is 14.5. The van der Waals surface area contributed by atoms with Gasteiger partial charge in [-0.3, -0.25) is 4.72 Å². The average molecular weight is 288 g/mol. The van der Waals surface area contributed by atoms with E-state index >= 15 is 0 Å². The van der Waals surface area contributed by atoms with Crippen molar-refractivity contribution in [1.29, 1.82) is 0 Å². The van der Waals surface area contributed by atoms with Crippen LogP contribution in [0.2, 0.25) is 0 Å². The van der Waals surface area contributed by atoms with Crippen LogP contribution < -0.4 is 19.9 Å². The summed E-state index contributed by atoms with van der Waals surface area (Å²) >= 11 is 0. The molecule has 19 heavy (non-hydrogen) atoms. The third-order valence-electron chi connectivity index (χ3n) is 2.82. The summed E-state index contributed by atoms with van der Waals surface area (Å²) in [5, 5.41) is -0.626. The van der Waals surface area contributed by atoms with Crippen LogP contribution >= 0.6 is 0 Å². The van der Waals surface area contributed by atoms with E-state index in [-0.39, 0.29) is 6.54 Å². The Morgan fingerprint density at radius 2 is 2.00 bits per heavy atom. The van der Waals surface area contributed by atoms with Gasteiger partial charge in [-0.15, -0.1) is 0 Å². The minimum Gasteiger partial charge on any atom is -0.497 e. The molecule has 0 fully saturated rings. The number of hydrogen-bond donors (Lipinski definition) is 2. The Balaban J connectivity index is 3.05. The molecule has 108 valence electrons. The molecule has 0 radical (unpaired) electrons. The third kappa shape index (κ3) is 3.74. The van der Waals surface area contributed by atoms with E-state index in [2.05, 4.69) is 4.72 Å². The highest BCUT2D eigenvalue weighted by Gasteiger charge is 2.23. The zero-order valence-corrected chi connectivity index (χ0v) is 12.2. The average Bonchev–Trinajstić information content (AvgIpc) is 2.39. The summed E-state index contributed by atoms with van der Waals surface area (Å²) in [6.45, 7) is 1.85. The molecule has 0 heterocycles. The fourth-order valence-electron chi connectivity index (χ4n) is 1.63. The highest BCUT2D eigenvalue weighted by molar-refractivity contribution is 7.93. The van der Waals surface area contributed by atoms with E-state index in [0.29, 0.717) is 23.6 Å². The van der Waals surface area contributed by atoms with Crippen LogP contribution in [-0.4, -0.2) is 34.4 Å². The van der Waals surface area contributed by atoms with Crippen LogP contribution in [0.1, 0.15) is 13.3 Å². The number of sulfonamides is 1. The molecule has 0 spiro atoms. The lowest BCUT2D eigenvalue weighted by Gasteiger charge is -2.17. The second-order valence-corrected chi connectivity index (χ2v) is 5.94. The van der Waals surface area contributed by atoms with Gasteiger partial charge in [0.25, 0.3) is 0 Å². The minimum absolute atomic E-state index is 0.0737. The molecule has 6 nitrogen and oxygen atoms in total. The summed E-state index contributed by atoms with van der Waals surface area (Å²) in [4.78, 5) is 0. The van der Waals surface area contributed by atoms with Crippen LogP contribution in [-0.2, 0) is 10.0 Å². The highest BCUT2D eigenvalue weighted by Crippen LogP contribution is 2.30. The number of anilines is 1. The molecule has 0 aromatic heterocycles. The first-order chi connectivity index (χ1) is 8.98. The molecule has 7 heteroatoms. The van der Waals surface area contributed by atoms with E-state index in [1.165, 1.54) is 14.2 Å². The largest absolute Gasteiger partial charge is 0.497 e. The monoisotopic (exact) mass is 288 g/mol. The van der Waals surface area contributed by atoms with Gasteiger partial charge in [0.15, 0.2) is 0 Å². The quantitative estimate of drug-likeness (QED) is 0.786. The lowest BCUT2D eigenvalue weighted by Crippen LogP contribution is -2.33. The number of ether oxygens (including phenoxy) is 2. The summed E-state index contributed by atoms with van der Waals surface area (Å²) in [6, 6.07) is 4.86. The predicted octanol–water partition coefficient (Wildman–Crippen LogP) is 1.18. The van der Waals surface area contributed by atoms with Crippen molar-refractivity contribution in [2.75, 3.05) is 25.5 Å². The molecule has 0 aliphatic heterocycles. The van der Waals surface area contributed by atoms with Crippen molar-refractivity contribution in [2.24, 2.45) is 5.73 Å². The third-order valence-corrected chi connectivity index (χ3v) is 4.73. The SMILES string of the molecule is CCC(CN)S(=O)(=O)Nc1ccc(OC)cc1OC. The van der Waals surface area contributed by atoms with Gasteiger partial charge in [-0.25, -0.2) is 8.42 Å². The topological polar surface area (TPSA) is 90.7 Å². The predicted molar refractivity (Wildman–Crippen MR) is 75.2 cm³/mol. The number of rotatable bonds is 7. The standard InChI is InChI=1S/C12H20N2O4S/c1-4-10(8-13)19(15,16)14-11-6-5-9(17-2)7-12(11)18-3/h5-7,10,14H,4,8,13H2,1-3H3. The lowest BCUT2D eigenvalue weighted by molar-refractivity contribution is 0.395. The first kappa shape index (κ1) is 15.6. The highest BCUT2D eigenvalue weighted by atomic mass is 32.2. The molecular weight excluding hydrogens is 268 g/mol. The van der Waals surface area contributed by atoms with Crippen molar-refractivity contribution >= 4 is 15.7 Å². The molecule has 0 saturated carbocycles. The van der Waals surface area contributed by atoms with Crippen molar-refractivity contribution in [3.05, 3.63) is 18.2 Å². The second-order valence-electron chi connectivity index (χ2n) is 3.98. The fraction of sp³-hybridized carbons (Fsp3) is 0.500. The van der Waals surface area contributed by atoms with E-state index in [1.54, 1.807) is 25.1 Å². The maximum Gasteiger partial charge on any atom is 0.236 e. The summed E-state index contributed by atoms with van der Waals surface area (Å²) < 4.78 is 36.9. The van der Waals surface area contributed by atoms with Crippen LogP contribution in [0.3, 0.4) is 0 Å². The van der Waals surface area contributed by atoms with Crippen LogP contribution in [0, 0.1) is 0 Å². The van der Waals surface area contributed by atoms with Gasteiger partial charge in [0.1, 0.15) is 11.5 Å². The number of methoxy groups -OCH3 is 2. The Bertz CT molecular complexity index is 512. The number of nitrogens with two attached hydrogens (primary N) is 1. The molecular formula is C12H20N2O4S. The van der Waals surface area contributed by atoms with Gasteiger partial charge in [-0.05, 0) is 18.6 Å². The van der Waals surface area contributed by atoms with Crippen molar-refractivity contribution in [2.45, 2.75) is 18.6 Å². The van der Waals surface area contributed by atoms with E-state index in [1.807, 2.05) is 0 Å². The van der Waals surface area contributed by atoms with Crippen molar-refractivity contribution in [3.63, 3.8) is 0 Å². The lowest BCUT2D eigenvalue weighted by atomic mass is 10.3. The van der Waals surface area contributed by atoms with Gasteiger partial charge in [0.05, 0.1) is 25.2 Å². The number of nitrogens with one attached hydrogen (secondary N) is 1. The van der Waals surface area contributed by atoms with Crippen molar-refractivity contribution < 1.29 is 17.9 Å². The molecule has 0 aliphatic carbocycles. The maximum atomic E-state index is 12.1. The van der Waals surface area contributed by atoms with Gasteiger partial charge >= 0.3 is 0 Å². The smallest absolute Gasteiger partial charge is 0.236 e. The summed E-state index contributed by atoms with van der Waals surface area (Å²) in [6.07, 6.45) is 0.449. The molecule has 1 atom stereocenters. The maximum absolute atomic E-state index is 12.1. The molecule has 1 rings (SSSR count). The van der Waals surface area contributed by atoms with Gasteiger partial charge in [0, 0.05) is 12.6 Å². The van der Waals surface area contributed by atoms with Crippen molar-refractivity contribution in [3.8, 4) is 11.5 Å². The van der Waals surface area contributed by atoms with Gasteiger partial charge in [-0.1, -0.05) is 6.92 Å². The Labute approximate surface area is 113 Å². The molecule has 0 aliphatic rings. The number of hydrogen-bond acceptors (Lipinski definition) is 5. The van der Waals surface area contributed by atoms with Gasteiger partial charge in [0.2, 0.25) is 10.0 Å². The summed E-state index contributed by atoms with van der Waals surface area (Å²) in [5.74, 6) is 0.987. The normalized spacial score (nSPS) is 12.8. The number of benzene rings is 1. The molecule has 1 unspecified atom stereocenters. The first-order valence-electron chi connectivity index (χ1n) is 5.92. The Morgan fingerprint density at radius 1 is 1.32 bits per heavy atom. The van der Waals surface area contributed by atoms with E-state index in [4.69, 9.17) is 15.2 Å². The van der Waals surface area contributed by atoms with Gasteiger partial charge < -0.3 is 15.2 Å². The molecule has 1 aromatic rings. The molecule has 3 N–H and O–H groups in total. The Morgan fingerprint density at radius 3 is 2.47 bits per heavy atom. The molecule has 0 amide bonds. The zero-order valence-electron chi connectivity index (χ0n) is 11.3. The Kier molecular flexibility index (Phi) is 5.44. The Hall–Kier alpha value is -1.47. The van der Waals surface area contributed by atoms with Crippen LogP contribution in [0.4, 0.5) is 5.69 Å². The van der Waals surface area contributed by atoms with Crippen LogP contribution in [0.5, 0.6) is 11.5 Å². The van der Waals surface area contributed by atoms with Crippen LogP contribution in [0.15, 0.2) is 18.2 Å². The molecule has 1 aromatic carbocycles. The summed E-state index contributed by atoms with van der Waals surface area (Å²) in [5.41, 5.74) is 5.84. The summed E-state index contributed by atoms with van der Waals surface area (Å²) in [7, 11) is -0.531.